The van der Waals surface area contributed by atoms with Gasteiger partial charge in [-0.05, 0) is 25.7 Å². The Morgan fingerprint density at radius 1 is 0.818 bits per heavy atom. The van der Waals surface area contributed by atoms with E-state index < -0.39 is 18.7 Å². The van der Waals surface area contributed by atoms with E-state index in [1.165, 1.54) is 0 Å². The first-order chi connectivity index (χ1) is 10.5. The van der Waals surface area contributed by atoms with Gasteiger partial charge in [0.2, 0.25) is 12.6 Å². The summed E-state index contributed by atoms with van der Waals surface area (Å²) in [6.45, 7) is 8.05. The fraction of sp³-hybridized carbons (Fsp3) is 0.941. The van der Waals surface area contributed by atoms with Crippen LogP contribution in [0.3, 0.4) is 0 Å². The van der Waals surface area contributed by atoms with Crippen LogP contribution in [0.25, 0.3) is 0 Å². The van der Waals surface area contributed by atoms with Crippen LogP contribution >= 0.6 is 0 Å². The molecule has 0 aromatic rings. The fourth-order valence-corrected chi connectivity index (χ4v) is 2.45. The summed E-state index contributed by atoms with van der Waals surface area (Å²) in [4.78, 5) is 11.7. The van der Waals surface area contributed by atoms with Crippen LogP contribution in [0.1, 0.15) is 79.1 Å². The summed E-state index contributed by atoms with van der Waals surface area (Å²) >= 11 is 0. The van der Waals surface area contributed by atoms with Crippen LogP contribution in [0, 0.1) is 11.8 Å². The highest BCUT2D eigenvalue weighted by Gasteiger charge is 2.26. The highest BCUT2D eigenvalue weighted by molar-refractivity contribution is 5.60. The lowest BCUT2D eigenvalue weighted by molar-refractivity contribution is -0.159. The molecule has 0 heterocycles. The summed E-state index contributed by atoms with van der Waals surface area (Å²) in [5, 5.41) is 19.9. The van der Waals surface area contributed by atoms with E-state index in [1.807, 2.05) is 13.8 Å². The van der Waals surface area contributed by atoms with Crippen LogP contribution in [0.2, 0.25) is 0 Å². The van der Waals surface area contributed by atoms with Gasteiger partial charge in [0.1, 0.15) is 0 Å². The lowest BCUT2D eigenvalue weighted by Gasteiger charge is -2.24. The Balaban J connectivity index is 4.28. The molecule has 22 heavy (non-hydrogen) atoms. The van der Waals surface area contributed by atoms with Crippen molar-refractivity contribution in [3.05, 3.63) is 0 Å². The first kappa shape index (κ1) is 21.2. The number of carbonyl (C=O) groups is 1. The van der Waals surface area contributed by atoms with E-state index in [9.17, 15) is 15.0 Å². The molecule has 4 unspecified atom stereocenters. The standard InChI is InChI=1S/C17H34O5/c1-5-9-11-13(7-3)15(18)21-17(20)22-16(19)14(8-4)12-10-6-2/h13-16,18-19H,5-12H2,1-4H3. The molecule has 0 aliphatic heterocycles. The molecule has 2 N–H and O–H groups in total. The van der Waals surface area contributed by atoms with Crippen molar-refractivity contribution >= 4 is 6.16 Å². The maximum absolute atomic E-state index is 11.7. The first-order valence-corrected chi connectivity index (χ1v) is 8.73. The number of aliphatic hydroxyl groups excluding tert-OH is 2. The van der Waals surface area contributed by atoms with Crippen molar-refractivity contribution in [1.82, 2.24) is 0 Å². The molecule has 132 valence electrons. The van der Waals surface area contributed by atoms with E-state index >= 15 is 0 Å². The van der Waals surface area contributed by atoms with Gasteiger partial charge < -0.3 is 19.7 Å². The number of ether oxygens (including phenoxy) is 2. The lowest BCUT2D eigenvalue weighted by atomic mass is 9.99. The van der Waals surface area contributed by atoms with Gasteiger partial charge in [0.15, 0.2) is 0 Å². The van der Waals surface area contributed by atoms with Crippen molar-refractivity contribution in [2.24, 2.45) is 11.8 Å². The predicted molar refractivity (Wildman–Crippen MR) is 86.2 cm³/mol. The predicted octanol–water partition coefficient (Wildman–Crippen LogP) is 4.21. The number of hydrogen-bond donors (Lipinski definition) is 2. The highest BCUT2D eigenvalue weighted by atomic mass is 16.8. The Bertz CT molecular complexity index is 256. The van der Waals surface area contributed by atoms with Gasteiger partial charge in [-0.25, -0.2) is 4.79 Å². The Morgan fingerprint density at radius 3 is 1.45 bits per heavy atom. The molecule has 0 saturated heterocycles. The van der Waals surface area contributed by atoms with Crippen LogP contribution in [-0.4, -0.2) is 28.9 Å². The quantitative estimate of drug-likeness (QED) is 0.416. The number of hydrogen-bond acceptors (Lipinski definition) is 5. The Hall–Kier alpha value is -0.810. The van der Waals surface area contributed by atoms with Crippen LogP contribution in [0.15, 0.2) is 0 Å². The second kappa shape index (κ2) is 12.7. The number of aliphatic hydroxyl groups is 2. The largest absolute Gasteiger partial charge is 0.512 e. The maximum Gasteiger partial charge on any atom is 0.512 e. The molecule has 0 radical (unpaired) electrons. The minimum Gasteiger partial charge on any atom is -0.404 e. The third-order valence-corrected chi connectivity index (χ3v) is 4.15. The molecule has 0 aliphatic rings. The third kappa shape index (κ3) is 8.59. The average Bonchev–Trinajstić information content (AvgIpc) is 2.48. The molecule has 0 fully saturated rings. The van der Waals surface area contributed by atoms with Gasteiger partial charge in [0, 0.05) is 11.8 Å². The Labute approximate surface area is 135 Å². The summed E-state index contributed by atoms with van der Waals surface area (Å²) in [7, 11) is 0. The summed E-state index contributed by atoms with van der Waals surface area (Å²) < 4.78 is 9.81. The molecule has 5 nitrogen and oxygen atoms in total. The van der Waals surface area contributed by atoms with Crippen LogP contribution in [-0.2, 0) is 9.47 Å². The zero-order valence-corrected chi connectivity index (χ0v) is 14.6. The zero-order chi connectivity index (χ0) is 17.0. The van der Waals surface area contributed by atoms with E-state index in [1.54, 1.807) is 0 Å². The summed E-state index contributed by atoms with van der Waals surface area (Å²) in [5.41, 5.74) is 0. The summed E-state index contributed by atoms with van der Waals surface area (Å²) in [6, 6.07) is 0. The average molecular weight is 318 g/mol. The molecule has 0 saturated carbocycles. The minimum absolute atomic E-state index is 0.0910. The van der Waals surface area contributed by atoms with Crippen molar-refractivity contribution < 1.29 is 24.5 Å². The Morgan fingerprint density at radius 2 is 1.18 bits per heavy atom. The van der Waals surface area contributed by atoms with Crippen molar-refractivity contribution in [3.8, 4) is 0 Å². The number of unbranched alkanes of at least 4 members (excludes halogenated alkanes) is 2. The van der Waals surface area contributed by atoms with Gasteiger partial charge in [-0.15, -0.1) is 0 Å². The molecule has 5 heteroatoms. The molecule has 0 bridgehead atoms. The van der Waals surface area contributed by atoms with Crippen molar-refractivity contribution in [2.45, 2.75) is 91.6 Å². The third-order valence-electron chi connectivity index (χ3n) is 4.15. The summed E-state index contributed by atoms with van der Waals surface area (Å²) in [5.74, 6) is -0.182. The van der Waals surface area contributed by atoms with Crippen LogP contribution in [0.4, 0.5) is 4.79 Å². The van der Waals surface area contributed by atoms with E-state index in [2.05, 4.69) is 13.8 Å². The molecule has 4 atom stereocenters. The molecule has 0 rings (SSSR count). The van der Waals surface area contributed by atoms with E-state index in [4.69, 9.17) is 9.47 Å². The molecule has 0 aliphatic carbocycles. The minimum atomic E-state index is -1.17. The van der Waals surface area contributed by atoms with Gasteiger partial charge >= 0.3 is 6.16 Å². The fourth-order valence-electron chi connectivity index (χ4n) is 2.45. The molecule has 0 spiro atoms. The van der Waals surface area contributed by atoms with Gasteiger partial charge in [0.05, 0.1) is 0 Å². The lowest BCUT2D eigenvalue weighted by Crippen LogP contribution is -2.31. The molecule has 0 aromatic carbocycles. The molecular formula is C17H34O5. The monoisotopic (exact) mass is 318 g/mol. The second-order valence-electron chi connectivity index (χ2n) is 5.89. The number of rotatable bonds is 12. The normalized spacial score (nSPS) is 16.6. The Kier molecular flexibility index (Phi) is 12.2. The van der Waals surface area contributed by atoms with E-state index in [0.29, 0.717) is 0 Å². The highest BCUT2D eigenvalue weighted by Crippen LogP contribution is 2.21. The van der Waals surface area contributed by atoms with E-state index in [-0.39, 0.29) is 11.8 Å². The topological polar surface area (TPSA) is 76.0 Å². The zero-order valence-electron chi connectivity index (χ0n) is 14.6. The first-order valence-electron chi connectivity index (χ1n) is 8.73. The maximum atomic E-state index is 11.7. The smallest absolute Gasteiger partial charge is 0.404 e. The number of carbonyl (C=O) groups excluding carboxylic acids is 1. The van der Waals surface area contributed by atoms with Gasteiger partial charge in [-0.1, -0.05) is 53.4 Å². The van der Waals surface area contributed by atoms with Crippen molar-refractivity contribution in [1.29, 1.82) is 0 Å². The van der Waals surface area contributed by atoms with Crippen molar-refractivity contribution in [3.63, 3.8) is 0 Å². The van der Waals surface area contributed by atoms with Gasteiger partial charge in [0.25, 0.3) is 0 Å². The molecule has 0 aromatic heterocycles. The molecular weight excluding hydrogens is 284 g/mol. The van der Waals surface area contributed by atoms with Crippen LogP contribution in [0.5, 0.6) is 0 Å². The second-order valence-corrected chi connectivity index (χ2v) is 5.89. The van der Waals surface area contributed by atoms with Crippen molar-refractivity contribution in [2.75, 3.05) is 0 Å². The SMILES string of the molecule is CCCCC(CC)C(O)OC(=O)OC(O)C(CC)CCCC. The van der Waals surface area contributed by atoms with Crippen LogP contribution < -0.4 is 0 Å². The molecule has 0 amide bonds. The van der Waals surface area contributed by atoms with Gasteiger partial charge in [-0.3, -0.25) is 0 Å². The summed E-state index contributed by atoms with van der Waals surface area (Å²) in [6.07, 6.45) is 3.73. The van der Waals surface area contributed by atoms with Gasteiger partial charge in [-0.2, -0.15) is 0 Å². The van der Waals surface area contributed by atoms with E-state index in [0.717, 1.165) is 51.4 Å².